The molecule has 0 bridgehead atoms. The summed E-state index contributed by atoms with van der Waals surface area (Å²) >= 11 is 0. The van der Waals surface area contributed by atoms with Gasteiger partial charge in [-0.15, -0.1) is 0 Å². The molecule has 2 heterocycles. The molecule has 1 N–H and O–H groups in total. The van der Waals surface area contributed by atoms with Gasteiger partial charge in [0.2, 0.25) is 0 Å². The summed E-state index contributed by atoms with van der Waals surface area (Å²) in [4.78, 5) is 0. The molecule has 0 saturated carbocycles. The molecule has 6 heteroatoms. The molecule has 1 aromatic heterocycles. The molecule has 1 fully saturated rings. The van der Waals surface area contributed by atoms with Gasteiger partial charge in [0.15, 0.2) is 5.69 Å². The largest absolute Gasteiger partial charge is 0.435 e. The van der Waals surface area contributed by atoms with Crippen LogP contribution in [-0.2, 0) is 13.2 Å². The lowest BCUT2D eigenvalue weighted by atomic mass is 10.0. The fraction of sp³-hybridized carbons (Fsp3) is 0.625. The average molecular weight is 205 g/mol. The molecule has 78 valence electrons. The smallest absolute Gasteiger partial charge is 0.309 e. The number of rotatable bonds is 1. The van der Waals surface area contributed by atoms with E-state index in [-0.39, 0.29) is 6.04 Å². The first-order chi connectivity index (χ1) is 6.48. The zero-order valence-electron chi connectivity index (χ0n) is 7.60. The van der Waals surface area contributed by atoms with E-state index in [4.69, 9.17) is 0 Å². The first-order valence-corrected chi connectivity index (χ1v) is 4.33. The standard InChI is InChI=1S/C8H10F3N3/c1-14-6(5-2-3-12-5)4-7(13-14)8(9,10)11/h4-5,12H,2-3H2,1H3. The third-order valence-electron chi connectivity index (χ3n) is 2.39. The predicted octanol–water partition coefficient (Wildman–Crippen LogP) is 1.47. The minimum absolute atomic E-state index is 0.0311. The summed E-state index contributed by atoms with van der Waals surface area (Å²) in [6.07, 6.45) is -3.48. The Morgan fingerprint density at radius 1 is 1.57 bits per heavy atom. The van der Waals surface area contributed by atoms with E-state index in [2.05, 4.69) is 10.4 Å². The second kappa shape index (κ2) is 2.98. The molecule has 0 spiro atoms. The Labute approximate surface area is 78.9 Å². The number of aromatic nitrogens is 2. The summed E-state index contributed by atoms with van der Waals surface area (Å²) < 4.78 is 38.1. The Morgan fingerprint density at radius 3 is 2.57 bits per heavy atom. The highest BCUT2D eigenvalue weighted by atomic mass is 19.4. The fourth-order valence-electron chi connectivity index (χ4n) is 1.49. The first kappa shape index (κ1) is 9.51. The summed E-state index contributed by atoms with van der Waals surface area (Å²) in [5, 5.41) is 6.48. The normalized spacial score (nSPS) is 22.1. The van der Waals surface area contributed by atoms with E-state index in [1.165, 1.54) is 11.7 Å². The van der Waals surface area contributed by atoms with Gasteiger partial charge in [-0.3, -0.25) is 4.68 Å². The summed E-state index contributed by atoms with van der Waals surface area (Å²) in [6.45, 7) is 0.858. The molecule has 3 nitrogen and oxygen atoms in total. The molecule has 1 aliphatic rings. The van der Waals surface area contributed by atoms with Gasteiger partial charge in [0.1, 0.15) is 0 Å². The third kappa shape index (κ3) is 1.50. The fourth-order valence-corrected chi connectivity index (χ4v) is 1.49. The zero-order valence-corrected chi connectivity index (χ0v) is 7.60. The summed E-state index contributed by atoms with van der Waals surface area (Å²) in [5.41, 5.74) is -0.215. The van der Waals surface area contributed by atoms with Crippen LogP contribution in [0, 0.1) is 0 Å². The van der Waals surface area contributed by atoms with E-state index in [0.29, 0.717) is 5.69 Å². The minimum atomic E-state index is -4.35. The average Bonchev–Trinajstić information content (AvgIpc) is 2.28. The van der Waals surface area contributed by atoms with Gasteiger partial charge >= 0.3 is 6.18 Å². The molecule has 1 saturated heterocycles. The molecular weight excluding hydrogens is 195 g/mol. The quantitative estimate of drug-likeness (QED) is 0.752. The Kier molecular flexibility index (Phi) is 2.02. The number of hydrogen-bond acceptors (Lipinski definition) is 2. The van der Waals surface area contributed by atoms with E-state index < -0.39 is 11.9 Å². The highest BCUT2D eigenvalue weighted by molar-refractivity contribution is 5.18. The van der Waals surface area contributed by atoms with Crippen LogP contribution in [0.5, 0.6) is 0 Å². The van der Waals surface area contributed by atoms with Gasteiger partial charge in [-0.25, -0.2) is 0 Å². The lowest BCUT2D eigenvalue weighted by Crippen LogP contribution is -2.36. The highest BCUT2D eigenvalue weighted by Crippen LogP contribution is 2.31. The van der Waals surface area contributed by atoms with Crippen LogP contribution in [0.15, 0.2) is 6.07 Å². The maximum Gasteiger partial charge on any atom is 0.435 e. The zero-order chi connectivity index (χ0) is 10.3. The molecule has 2 rings (SSSR count). The van der Waals surface area contributed by atoms with Crippen molar-refractivity contribution in [2.75, 3.05) is 6.54 Å². The number of hydrogen-bond donors (Lipinski definition) is 1. The van der Waals surface area contributed by atoms with Crippen molar-refractivity contribution in [3.05, 3.63) is 17.5 Å². The van der Waals surface area contributed by atoms with Crippen molar-refractivity contribution in [2.24, 2.45) is 7.05 Å². The van der Waals surface area contributed by atoms with Crippen molar-refractivity contribution in [1.29, 1.82) is 0 Å². The van der Waals surface area contributed by atoms with Gasteiger partial charge in [0.25, 0.3) is 0 Å². The van der Waals surface area contributed by atoms with Crippen molar-refractivity contribution in [2.45, 2.75) is 18.6 Å². The lowest BCUT2D eigenvalue weighted by molar-refractivity contribution is -0.141. The maximum absolute atomic E-state index is 12.3. The van der Waals surface area contributed by atoms with Crippen LogP contribution in [0.25, 0.3) is 0 Å². The van der Waals surface area contributed by atoms with E-state index >= 15 is 0 Å². The van der Waals surface area contributed by atoms with Crippen molar-refractivity contribution in [3.8, 4) is 0 Å². The molecule has 1 atom stereocenters. The monoisotopic (exact) mass is 205 g/mol. The second-order valence-electron chi connectivity index (χ2n) is 3.37. The van der Waals surface area contributed by atoms with Gasteiger partial charge in [-0.2, -0.15) is 18.3 Å². The number of nitrogens with zero attached hydrogens (tertiary/aromatic N) is 2. The molecule has 0 amide bonds. The van der Waals surface area contributed by atoms with Crippen LogP contribution in [-0.4, -0.2) is 16.3 Å². The molecule has 0 aromatic carbocycles. The van der Waals surface area contributed by atoms with Crippen molar-refractivity contribution in [3.63, 3.8) is 0 Å². The molecule has 0 radical (unpaired) electrons. The number of halogens is 3. The van der Waals surface area contributed by atoms with Crippen molar-refractivity contribution >= 4 is 0 Å². The Balaban J connectivity index is 2.29. The lowest BCUT2D eigenvalue weighted by Gasteiger charge is -2.27. The van der Waals surface area contributed by atoms with Crippen LogP contribution >= 0.6 is 0 Å². The Hall–Kier alpha value is -1.04. The summed E-state index contributed by atoms with van der Waals surface area (Å²) in [5.74, 6) is 0. The van der Waals surface area contributed by atoms with Gasteiger partial charge in [-0.05, 0) is 19.0 Å². The molecule has 0 aliphatic carbocycles. The maximum atomic E-state index is 12.3. The highest BCUT2D eigenvalue weighted by Gasteiger charge is 2.36. The summed E-state index contributed by atoms with van der Waals surface area (Å²) in [7, 11) is 1.53. The topological polar surface area (TPSA) is 29.9 Å². The molecular formula is C8H10F3N3. The van der Waals surface area contributed by atoms with Crippen LogP contribution in [0.4, 0.5) is 13.2 Å². The number of alkyl halides is 3. The number of nitrogens with one attached hydrogen (secondary N) is 1. The van der Waals surface area contributed by atoms with E-state index in [0.717, 1.165) is 19.0 Å². The van der Waals surface area contributed by atoms with E-state index in [9.17, 15) is 13.2 Å². The SMILES string of the molecule is Cn1nc(C(F)(F)F)cc1C1CCN1. The van der Waals surface area contributed by atoms with Crippen molar-refractivity contribution < 1.29 is 13.2 Å². The minimum Gasteiger partial charge on any atom is -0.309 e. The molecule has 14 heavy (non-hydrogen) atoms. The van der Waals surface area contributed by atoms with Crippen LogP contribution in [0.2, 0.25) is 0 Å². The molecule has 1 aliphatic heterocycles. The first-order valence-electron chi connectivity index (χ1n) is 4.33. The van der Waals surface area contributed by atoms with E-state index in [1.54, 1.807) is 0 Å². The Bertz CT molecular complexity index is 338. The molecule has 1 unspecified atom stereocenters. The van der Waals surface area contributed by atoms with Crippen LogP contribution in [0.1, 0.15) is 23.9 Å². The van der Waals surface area contributed by atoms with Gasteiger partial charge < -0.3 is 5.32 Å². The summed E-state index contributed by atoms with van der Waals surface area (Å²) in [6, 6.07) is 1.14. The van der Waals surface area contributed by atoms with E-state index in [1.807, 2.05) is 0 Å². The predicted molar refractivity (Wildman–Crippen MR) is 43.6 cm³/mol. The Morgan fingerprint density at radius 2 is 2.21 bits per heavy atom. The number of aryl methyl sites for hydroxylation is 1. The van der Waals surface area contributed by atoms with Crippen molar-refractivity contribution in [1.82, 2.24) is 15.1 Å². The van der Waals surface area contributed by atoms with Crippen LogP contribution < -0.4 is 5.32 Å². The van der Waals surface area contributed by atoms with Gasteiger partial charge in [0, 0.05) is 7.05 Å². The van der Waals surface area contributed by atoms with Crippen LogP contribution in [0.3, 0.4) is 0 Å². The van der Waals surface area contributed by atoms with Gasteiger partial charge in [-0.1, -0.05) is 0 Å². The molecule has 1 aromatic rings. The second-order valence-corrected chi connectivity index (χ2v) is 3.37. The third-order valence-corrected chi connectivity index (χ3v) is 2.39. The van der Waals surface area contributed by atoms with Gasteiger partial charge in [0.05, 0.1) is 11.7 Å².